The first-order valence-electron chi connectivity index (χ1n) is 8.95. The molecule has 0 saturated heterocycles. The molecule has 1 aromatic rings. The number of aliphatic carboxylic acids is 1. The Morgan fingerprint density at radius 3 is 2.40 bits per heavy atom. The first kappa shape index (κ1) is 17.5. The number of hydrogen-bond donors (Lipinski definition) is 1. The molecule has 2 aliphatic rings. The lowest BCUT2D eigenvalue weighted by Gasteiger charge is -2.37. The molecular weight excluding hydrogens is 314 g/mol. The fourth-order valence-corrected chi connectivity index (χ4v) is 3.76. The van der Waals surface area contributed by atoms with Gasteiger partial charge in [-0.3, -0.25) is 4.79 Å². The molecule has 0 bridgehead atoms. The second-order valence-corrected chi connectivity index (χ2v) is 7.19. The number of carbonyl (C=O) groups excluding carboxylic acids is 1. The standard InChI is InChI=1S/C21H25NO3/c1-13-9-12-18(21(24)25)14(2)19(13)22(15(3)16-10-11-16)20(23)17-7-5-4-6-8-17/h4-8,12-13,15-16H,9-11H2,1-3H3,(H,24,25). The van der Waals surface area contributed by atoms with Crippen LogP contribution in [-0.2, 0) is 4.79 Å². The van der Waals surface area contributed by atoms with Crippen LogP contribution in [0.4, 0.5) is 0 Å². The van der Waals surface area contributed by atoms with Crippen molar-refractivity contribution in [1.82, 2.24) is 4.90 Å². The fraction of sp³-hybridized carbons (Fsp3) is 0.429. The average molecular weight is 339 g/mol. The van der Waals surface area contributed by atoms with E-state index in [1.165, 1.54) is 0 Å². The Balaban J connectivity index is 2.07. The van der Waals surface area contributed by atoms with Gasteiger partial charge in [-0.15, -0.1) is 0 Å². The minimum absolute atomic E-state index is 0.0344. The molecule has 1 aromatic carbocycles. The number of rotatable bonds is 5. The molecule has 25 heavy (non-hydrogen) atoms. The zero-order valence-electron chi connectivity index (χ0n) is 15.0. The molecule has 1 N–H and O–H groups in total. The van der Waals surface area contributed by atoms with E-state index in [1.54, 1.807) is 6.08 Å². The van der Waals surface area contributed by atoms with Crippen molar-refractivity contribution < 1.29 is 14.7 Å². The van der Waals surface area contributed by atoms with E-state index >= 15 is 0 Å². The maximum Gasteiger partial charge on any atom is 0.335 e. The van der Waals surface area contributed by atoms with Gasteiger partial charge < -0.3 is 10.0 Å². The Hall–Kier alpha value is -2.36. The average Bonchev–Trinajstić information content (AvgIpc) is 3.43. The molecule has 0 heterocycles. The highest BCUT2D eigenvalue weighted by Crippen LogP contribution is 2.41. The number of benzene rings is 1. The van der Waals surface area contributed by atoms with Crippen LogP contribution in [0.1, 0.15) is 50.4 Å². The number of amides is 1. The summed E-state index contributed by atoms with van der Waals surface area (Å²) >= 11 is 0. The molecule has 132 valence electrons. The molecule has 3 rings (SSSR count). The zero-order valence-corrected chi connectivity index (χ0v) is 15.0. The third kappa shape index (κ3) is 3.39. The van der Waals surface area contributed by atoms with E-state index in [-0.39, 0.29) is 17.9 Å². The Labute approximate surface area is 148 Å². The van der Waals surface area contributed by atoms with Crippen LogP contribution in [0.5, 0.6) is 0 Å². The van der Waals surface area contributed by atoms with Gasteiger partial charge in [-0.05, 0) is 56.7 Å². The predicted molar refractivity (Wildman–Crippen MR) is 97.0 cm³/mol. The van der Waals surface area contributed by atoms with Crippen molar-refractivity contribution in [2.45, 2.75) is 46.1 Å². The van der Waals surface area contributed by atoms with Crippen LogP contribution in [0.15, 0.2) is 53.3 Å². The summed E-state index contributed by atoms with van der Waals surface area (Å²) in [5, 5.41) is 9.50. The maximum atomic E-state index is 13.3. The summed E-state index contributed by atoms with van der Waals surface area (Å²) in [6, 6.07) is 9.35. The topological polar surface area (TPSA) is 57.6 Å². The van der Waals surface area contributed by atoms with Gasteiger partial charge in [-0.25, -0.2) is 4.79 Å². The lowest BCUT2D eigenvalue weighted by molar-refractivity contribution is -0.132. The Kier molecular flexibility index (Phi) is 4.80. The van der Waals surface area contributed by atoms with Gasteiger partial charge in [0, 0.05) is 23.2 Å². The summed E-state index contributed by atoms with van der Waals surface area (Å²) in [6.07, 6.45) is 4.67. The Morgan fingerprint density at radius 1 is 1.20 bits per heavy atom. The second kappa shape index (κ2) is 6.87. The van der Waals surface area contributed by atoms with Gasteiger partial charge in [0.15, 0.2) is 0 Å². The number of carboxylic acids is 1. The fourth-order valence-electron chi connectivity index (χ4n) is 3.76. The smallest absolute Gasteiger partial charge is 0.335 e. The zero-order chi connectivity index (χ0) is 18.1. The normalized spacial score (nSPS) is 21.6. The number of carboxylic acid groups (broad SMARTS) is 1. The number of nitrogens with zero attached hydrogens (tertiary/aromatic N) is 1. The molecule has 0 aromatic heterocycles. The highest BCUT2D eigenvalue weighted by atomic mass is 16.4. The number of allylic oxidation sites excluding steroid dienone is 2. The summed E-state index contributed by atoms with van der Waals surface area (Å²) in [7, 11) is 0. The summed E-state index contributed by atoms with van der Waals surface area (Å²) in [6.45, 7) is 5.99. The van der Waals surface area contributed by atoms with Crippen LogP contribution in [0.25, 0.3) is 0 Å². The second-order valence-electron chi connectivity index (χ2n) is 7.19. The lowest BCUT2D eigenvalue weighted by atomic mass is 9.86. The van der Waals surface area contributed by atoms with Crippen molar-refractivity contribution in [2.75, 3.05) is 0 Å². The molecule has 4 nitrogen and oxygen atoms in total. The van der Waals surface area contributed by atoms with E-state index in [0.717, 1.165) is 18.5 Å². The first-order valence-corrected chi connectivity index (χ1v) is 8.95. The van der Waals surface area contributed by atoms with Crippen molar-refractivity contribution in [3.63, 3.8) is 0 Å². The molecule has 1 amide bonds. The van der Waals surface area contributed by atoms with Crippen LogP contribution >= 0.6 is 0 Å². The summed E-state index contributed by atoms with van der Waals surface area (Å²) < 4.78 is 0. The van der Waals surface area contributed by atoms with Gasteiger partial charge in [0.2, 0.25) is 0 Å². The van der Waals surface area contributed by atoms with Gasteiger partial charge in [0.1, 0.15) is 0 Å². The van der Waals surface area contributed by atoms with Crippen molar-refractivity contribution in [3.8, 4) is 0 Å². The molecule has 2 unspecified atom stereocenters. The highest BCUT2D eigenvalue weighted by molar-refractivity contribution is 5.97. The monoisotopic (exact) mass is 339 g/mol. The number of carbonyl (C=O) groups is 2. The largest absolute Gasteiger partial charge is 0.478 e. The summed E-state index contributed by atoms with van der Waals surface area (Å²) in [5.41, 5.74) is 2.55. The van der Waals surface area contributed by atoms with Gasteiger partial charge in [-0.1, -0.05) is 31.2 Å². The maximum absolute atomic E-state index is 13.3. The van der Waals surface area contributed by atoms with Crippen LogP contribution in [0, 0.1) is 11.8 Å². The Morgan fingerprint density at radius 2 is 1.84 bits per heavy atom. The molecule has 2 aliphatic carbocycles. The lowest BCUT2D eigenvalue weighted by Crippen LogP contribution is -2.42. The molecule has 2 atom stereocenters. The van der Waals surface area contributed by atoms with Crippen LogP contribution in [-0.4, -0.2) is 27.9 Å². The van der Waals surface area contributed by atoms with Gasteiger partial charge in [0.25, 0.3) is 5.91 Å². The minimum Gasteiger partial charge on any atom is -0.478 e. The molecule has 1 fully saturated rings. The van der Waals surface area contributed by atoms with Crippen molar-refractivity contribution in [3.05, 3.63) is 58.8 Å². The number of hydrogen-bond acceptors (Lipinski definition) is 2. The van der Waals surface area contributed by atoms with Crippen LogP contribution in [0.3, 0.4) is 0 Å². The third-order valence-corrected chi connectivity index (χ3v) is 5.37. The SMILES string of the molecule is CC1=C(N(C(=O)c2ccccc2)C(C)C2CC2)C(C)CC=C1C(=O)O. The Bertz CT molecular complexity index is 744. The van der Waals surface area contributed by atoms with E-state index in [4.69, 9.17) is 0 Å². The summed E-state index contributed by atoms with van der Waals surface area (Å²) in [5.74, 6) is -0.336. The van der Waals surface area contributed by atoms with E-state index in [0.29, 0.717) is 29.0 Å². The molecule has 0 spiro atoms. The van der Waals surface area contributed by atoms with Crippen LogP contribution in [0.2, 0.25) is 0 Å². The molecular formula is C21H25NO3. The van der Waals surface area contributed by atoms with Crippen molar-refractivity contribution in [1.29, 1.82) is 0 Å². The van der Waals surface area contributed by atoms with Crippen molar-refractivity contribution in [2.24, 2.45) is 11.8 Å². The minimum atomic E-state index is -0.923. The van der Waals surface area contributed by atoms with E-state index in [2.05, 4.69) is 13.8 Å². The highest BCUT2D eigenvalue weighted by Gasteiger charge is 2.39. The molecule has 0 aliphatic heterocycles. The van der Waals surface area contributed by atoms with Gasteiger partial charge in [0.05, 0.1) is 5.57 Å². The van der Waals surface area contributed by atoms with E-state index < -0.39 is 5.97 Å². The van der Waals surface area contributed by atoms with E-state index in [1.807, 2.05) is 42.2 Å². The summed E-state index contributed by atoms with van der Waals surface area (Å²) in [4.78, 5) is 26.8. The predicted octanol–water partition coefficient (Wildman–Crippen LogP) is 4.25. The van der Waals surface area contributed by atoms with Gasteiger partial charge >= 0.3 is 5.97 Å². The van der Waals surface area contributed by atoms with Crippen LogP contribution < -0.4 is 0 Å². The van der Waals surface area contributed by atoms with Gasteiger partial charge in [-0.2, -0.15) is 0 Å². The molecule has 1 saturated carbocycles. The van der Waals surface area contributed by atoms with Crippen molar-refractivity contribution >= 4 is 11.9 Å². The quantitative estimate of drug-likeness (QED) is 0.872. The van der Waals surface area contributed by atoms with E-state index in [9.17, 15) is 14.7 Å². The molecule has 0 radical (unpaired) electrons. The molecule has 4 heteroatoms. The third-order valence-electron chi connectivity index (χ3n) is 5.37. The first-order chi connectivity index (χ1) is 11.9.